The molecular weight excluding hydrogens is 344 g/mol. The van der Waals surface area contributed by atoms with Gasteiger partial charge in [-0.15, -0.1) is 10.2 Å². The molecule has 0 spiro atoms. The maximum absolute atomic E-state index is 12.6. The van der Waals surface area contributed by atoms with Gasteiger partial charge in [0.05, 0.1) is 13.7 Å². The predicted octanol–water partition coefficient (Wildman–Crippen LogP) is 2.58. The van der Waals surface area contributed by atoms with Crippen LogP contribution >= 0.6 is 0 Å². The minimum atomic E-state index is -0.111. The third-order valence-corrected chi connectivity index (χ3v) is 5.78. The van der Waals surface area contributed by atoms with Crippen molar-refractivity contribution in [2.45, 2.75) is 32.7 Å². The van der Waals surface area contributed by atoms with Gasteiger partial charge in [-0.2, -0.15) is 0 Å². The van der Waals surface area contributed by atoms with Crippen LogP contribution in [0.15, 0.2) is 28.7 Å². The Hall–Kier alpha value is -2.41. The second-order valence-electron chi connectivity index (χ2n) is 7.72. The Kier molecular flexibility index (Phi) is 4.86. The summed E-state index contributed by atoms with van der Waals surface area (Å²) in [5.74, 6) is 2.17. The van der Waals surface area contributed by atoms with E-state index in [1.54, 1.807) is 7.11 Å². The van der Waals surface area contributed by atoms with Gasteiger partial charge in [-0.1, -0.05) is 19.4 Å². The molecule has 1 saturated heterocycles. The topological polar surface area (TPSA) is 71.7 Å². The van der Waals surface area contributed by atoms with E-state index in [9.17, 15) is 4.79 Å². The van der Waals surface area contributed by atoms with Crippen LogP contribution in [0, 0.1) is 5.41 Å². The Morgan fingerprint density at radius 1 is 1.22 bits per heavy atom. The molecule has 4 rings (SSSR count). The van der Waals surface area contributed by atoms with Gasteiger partial charge in [0.25, 0.3) is 0 Å². The summed E-state index contributed by atoms with van der Waals surface area (Å²) in [6.07, 6.45) is 3.23. The van der Waals surface area contributed by atoms with Gasteiger partial charge in [0.1, 0.15) is 5.75 Å². The Balaban J connectivity index is 1.33. The Morgan fingerprint density at radius 2 is 2.00 bits per heavy atom. The molecule has 2 fully saturated rings. The van der Waals surface area contributed by atoms with Crippen LogP contribution in [0.2, 0.25) is 0 Å². The third-order valence-electron chi connectivity index (χ3n) is 5.78. The van der Waals surface area contributed by atoms with Crippen LogP contribution in [0.25, 0.3) is 11.5 Å². The number of carbonyl (C=O) groups is 1. The zero-order chi connectivity index (χ0) is 18.9. The summed E-state index contributed by atoms with van der Waals surface area (Å²) in [4.78, 5) is 16.9. The summed E-state index contributed by atoms with van der Waals surface area (Å²) < 4.78 is 11.1. The van der Waals surface area contributed by atoms with Gasteiger partial charge in [0.15, 0.2) is 0 Å². The number of methoxy groups -OCH3 is 1. The molecule has 7 nitrogen and oxygen atoms in total. The Labute approximate surface area is 159 Å². The lowest BCUT2D eigenvalue weighted by Crippen LogP contribution is -2.53. The highest BCUT2D eigenvalue weighted by Gasteiger charge is 2.42. The highest BCUT2D eigenvalue weighted by atomic mass is 16.5. The van der Waals surface area contributed by atoms with E-state index in [0.717, 1.165) is 50.3 Å². The van der Waals surface area contributed by atoms with E-state index in [2.05, 4.69) is 22.0 Å². The number of amides is 1. The molecule has 0 bridgehead atoms. The van der Waals surface area contributed by atoms with Crippen molar-refractivity contribution in [2.24, 2.45) is 5.41 Å². The summed E-state index contributed by atoms with van der Waals surface area (Å²) in [5, 5.41) is 8.34. The van der Waals surface area contributed by atoms with E-state index in [4.69, 9.17) is 9.15 Å². The smallest absolute Gasteiger partial charge is 0.247 e. The van der Waals surface area contributed by atoms with Crippen molar-refractivity contribution >= 4 is 5.91 Å². The average Bonchev–Trinajstić information content (AvgIpc) is 3.15. The monoisotopic (exact) mass is 370 g/mol. The summed E-state index contributed by atoms with van der Waals surface area (Å²) in [6.45, 7) is 5.91. The van der Waals surface area contributed by atoms with Crippen molar-refractivity contribution in [2.75, 3.05) is 33.3 Å². The number of nitrogens with zero attached hydrogens (tertiary/aromatic N) is 4. The van der Waals surface area contributed by atoms with Gasteiger partial charge < -0.3 is 14.1 Å². The zero-order valence-electron chi connectivity index (χ0n) is 16.0. The first-order valence-electron chi connectivity index (χ1n) is 9.56. The highest BCUT2D eigenvalue weighted by molar-refractivity contribution is 5.83. The summed E-state index contributed by atoms with van der Waals surface area (Å²) in [7, 11) is 1.63. The first-order valence-corrected chi connectivity index (χ1v) is 9.56. The van der Waals surface area contributed by atoms with Crippen LogP contribution < -0.4 is 4.74 Å². The number of aromatic nitrogens is 2. The molecule has 1 amide bonds. The lowest BCUT2D eigenvalue weighted by Gasteiger charge is -2.43. The number of hydrogen-bond acceptors (Lipinski definition) is 6. The molecule has 2 aromatic rings. The summed E-state index contributed by atoms with van der Waals surface area (Å²) in [6, 6.07) is 7.58. The van der Waals surface area contributed by atoms with Crippen LogP contribution in [-0.4, -0.2) is 59.2 Å². The van der Waals surface area contributed by atoms with Crippen molar-refractivity contribution in [3.8, 4) is 17.2 Å². The molecule has 7 heteroatoms. The second-order valence-corrected chi connectivity index (χ2v) is 7.72. The van der Waals surface area contributed by atoms with Gasteiger partial charge in [-0.05, 0) is 31.0 Å². The van der Waals surface area contributed by atoms with Crippen LogP contribution in [0.1, 0.15) is 32.1 Å². The van der Waals surface area contributed by atoms with Gasteiger partial charge in [-0.25, -0.2) is 0 Å². The largest absolute Gasteiger partial charge is 0.497 e. The minimum Gasteiger partial charge on any atom is -0.497 e. The Morgan fingerprint density at radius 3 is 2.67 bits per heavy atom. The molecular formula is C20H26N4O3. The van der Waals surface area contributed by atoms with Crippen LogP contribution in [0.4, 0.5) is 0 Å². The molecule has 0 atom stereocenters. The van der Waals surface area contributed by atoms with E-state index in [1.807, 2.05) is 29.2 Å². The lowest BCUT2D eigenvalue weighted by atomic mass is 9.69. The van der Waals surface area contributed by atoms with Gasteiger partial charge in [0, 0.05) is 37.2 Å². The molecule has 1 aromatic heterocycles. The molecule has 0 N–H and O–H groups in total. The number of benzene rings is 1. The van der Waals surface area contributed by atoms with Crippen LogP contribution in [0.3, 0.4) is 0 Å². The van der Waals surface area contributed by atoms with E-state index in [1.165, 1.54) is 6.42 Å². The fraction of sp³-hybridized carbons (Fsp3) is 0.550. The van der Waals surface area contributed by atoms with Crippen molar-refractivity contribution in [1.29, 1.82) is 0 Å². The predicted molar refractivity (Wildman–Crippen MR) is 100 cm³/mol. The molecule has 2 aliphatic rings. The maximum atomic E-state index is 12.6. The van der Waals surface area contributed by atoms with Gasteiger partial charge in [-0.3, -0.25) is 9.69 Å². The lowest BCUT2D eigenvalue weighted by molar-refractivity contribution is -0.147. The number of rotatable bonds is 5. The van der Waals surface area contributed by atoms with E-state index in [-0.39, 0.29) is 5.41 Å². The number of piperazine rings is 1. The minimum absolute atomic E-state index is 0.111. The molecule has 1 aromatic carbocycles. The maximum Gasteiger partial charge on any atom is 0.247 e. The van der Waals surface area contributed by atoms with Crippen LogP contribution in [-0.2, 0) is 11.3 Å². The molecule has 0 unspecified atom stereocenters. The van der Waals surface area contributed by atoms with E-state index >= 15 is 0 Å². The number of hydrogen-bond donors (Lipinski definition) is 0. The molecule has 0 radical (unpaired) electrons. The fourth-order valence-corrected chi connectivity index (χ4v) is 3.79. The molecule has 1 saturated carbocycles. The molecule has 27 heavy (non-hydrogen) atoms. The van der Waals surface area contributed by atoms with E-state index < -0.39 is 0 Å². The van der Waals surface area contributed by atoms with Crippen LogP contribution in [0.5, 0.6) is 5.75 Å². The zero-order valence-corrected chi connectivity index (χ0v) is 16.0. The van der Waals surface area contributed by atoms with Gasteiger partial charge >= 0.3 is 0 Å². The van der Waals surface area contributed by atoms with E-state index in [0.29, 0.717) is 24.2 Å². The fourth-order valence-electron chi connectivity index (χ4n) is 3.79. The number of carbonyl (C=O) groups excluding carboxylic acids is 1. The van der Waals surface area contributed by atoms with Crippen molar-refractivity contribution in [3.63, 3.8) is 0 Å². The highest BCUT2D eigenvalue weighted by Crippen LogP contribution is 2.42. The summed E-state index contributed by atoms with van der Waals surface area (Å²) in [5.41, 5.74) is 0.734. The molecule has 1 aliphatic heterocycles. The quantitative estimate of drug-likeness (QED) is 0.806. The first-order chi connectivity index (χ1) is 13.1. The third kappa shape index (κ3) is 3.69. The molecule has 144 valence electrons. The van der Waals surface area contributed by atoms with Crippen molar-refractivity contribution in [3.05, 3.63) is 30.2 Å². The number of ether oxygens (including phenoxy) is 1. The standard InChI is InChI=1S/C20H26N4O3/c1-20(7-4-8-20)19(25)24-11-9-23(10-12-24)14-17-21-22-18(27-17)15-5-3-6-16(13-15)26-2/h3,5-6,13H,4,7-12,14H2,1-2H3. The van der Waals surface area contributed by atoms with Crippen molar-refractivity contribution < 1.29 is 13.9 Å². The Bertz CT molecular complexity index is 807. The van der Waals surface area contributed by atoms with Crippen molar-refractivity contribution in [1.82, 2.24) is 20.0 Å². The first kappa shape index (κ1) is 18.0. The average molecular weight is 370 g/mol. The SMILES string of the molecule is COc1cccc(-c2nnc(CN3CCN(C(=O)C4(C)CCC4)CC3)o2)c1. The summed E-state index contributed by atoms with van der Waals surface area (Å²) >= 11 is 0. The second kappa shape index (κ2) is 7.31. The molecule has 1 aliphatic carbocycles. The van der Waals surface area contributed by atoms with Gasteiger partial charge in [0.2, 0.25) is 17.7 Å². The normalized spacial score (nSPS) is 19.6. The molecule has 2 heterocycles.